The Bertz CT molecular complexity index is 428. The van der Waals surface area contributed by atoms with Crippen LogP contribution in [0.1, 0.15) is 107 Å². The second-order valence-electron chi connectivity index (χ2n) is 7.47. The molecule has 2 nitrogen and oxygen atoms in total. The Morgan fingerprint density at radius 1 is 0.786 bits per heavy atom. The summed E-state index contributed by atoms with van der Waals surface area (Å²) in [5.74, 6) is 3.00. The van der Waals surface area contributed by atoms with Crippen molar-refractivity contribution in [3.8, 4) is 5.75 Å². The zero-order valence-electron chi connectivity index (χ0n) is 20.8. The topological polar surface area (TPSA) is 18.5 Å². The van der Waals surface area contributed by atoms with Crippen molar-refractivity contribution in [2.24, 2.45) is 17.8 Å². The van der Waals surface area contributed by atoms with Crippen LogP contribution in [0, 0.1) is 17.8 Å². The molecule has 0 aliphatic rings. The molecule has 1 aromatic rings. The summed E-state index contributed by atoms with van der Waals surface area (Å²) >= 11 is 0. The lowest BCUT2D eigenvalue weighted by Crippen LogP contribution is -2.36. The lowest BCUT2D eigenvalue weighted by molar-refractivity contribution is -0.133. The molecular weight excluding hydrogens is 344 g/mol. The van der Waals surface area contributed by atoms with Crippen LogP contribution in [0.2, 0.25) is 0 Å². The molecule has 166 valence electrons. The van der Waals surface area contributed by atoms with Gasteiger partial charge in [0, 0.05) is 12.5 Å². The van der Waals surface area contributed by atoms with Gasteiger partial charge in [-0.15, -0.1) is 0 Å². The van der Waals surface area contributed by atoms with E-state index in [1.807, 2.05) is 34.6 Å². The van der Waals surface area contributed by atoms with E-state index in [9.17, 15) is 0 Å². The molecule has 1 rings (SSSR count). The number of benzene rings is 1. The highest BCUT2D eigenvalue weighted by Gasteiger charge is 2.29. The van der Waals surface area contributed by atoms with Crippen molar-refractivity contribution in [3.05, 3.63) is 29.8 Å². The number of ether oxygens (including phenoxy) is 2. The fourth-order valence-electron chi connectivity index (χ4n) is 3.69. The molecule has 2 unspecified atom stereocenters. The Morgan fingerprint density at radius 3 is 1.64 bits per heavy atom. The largest absolute Gasteiger partial charge is 0.465 e. The van der Waals surface area contributed by atoms with Crippen molar-refractivity contribution >= 4 is 0 Å². The van der Waals surface area contributed by atoms with Gasteiger partial charge in [-0.3, -0.25) is 0 Å². The van der Waals surface area contributed by atoms with Gasteiger partial charge in [-0.25, -0.2) is 0 Å². The Labute approximate surface area is 177 Å². The maximum absolute atomic E-state index is 6.25. The van der Waals surface area contributed by atoms with E-state index in [4.69, 9.17) is 9.47 Å². The summed E-state index contributed by atoms with van der Waals surface area (Å²) in [4.78, 5) is 0. The van der Waals surface area contributed by atoms with E-state index >= 15 is 0 Å². The van der Waals surface area contributed by atoms with Crippen LogP contribution in [-0.2, 0) is 4.74 Å². The molecule has 0 saturated heterocycles. The third kappa shape index (κ3) is 10.5. The molecule has 2 heteroatoms. The molecule has 0 fully saturated rings. The molecule has 0 radical (unpaired) electrons. The Kier molecular flexibility index (Phi) is 18.8. The van der Waals surface area contributed by atoms with E-state index in [2.05, 4.69) is 65.8 Å². The highest BCUT2D eigenvalue weighted by atomic mass is 16.7. The van der Waals surface area contributed by atoms with E-state index in [0.29, 0.717) is 30.3 Å². The molecule has 28 heavy (non-hydrogen) atoms. The Hall–Kier alpha value is -1.02. The summed E-state index contributed by atoms with van der Waals surface area (Å²) in [6.07, 6.45) is 3.49. The van der Waals surface area contributed by atoms with E-state index < -0.39 is 0 Å². The summed E-state index contributed by atoms with van der Waals surface area (Å²) in [7, 11) is 0. The van der Waals surface area contributed by atoms with Crippen LogP contribution in [0.3, 0.4) is 0 Å². The van der Waals surface area contributed by atoms with Gasteiger partial charge in [0.25, 0.3) is 0 Å². The second-order valence-corrected chi connectivity index (χ2v) is 7.47. The van der Waals surface area contributed by atoms with E-state index in [-0.39, 0.29) is 6.29 Å². The lowest BCUT2D eigenvalue weighted by Gasteiger charge is -2.33. The average Bonchev–Trinajstić information content (AvgIpc) is 2.69. The first-order valence-electron chi connectivity index (χ1n) is 11.8. The van der Waals surface area contributed by atoms with Gasteiger partial charge in [-0.05, 0) is 55.2 Å². The summed E-state index contributed by atoms with van der Waals surface area (Å²) in [5.41, 5.74) is 1.42. The van der Waals surface area contributed by atoms with Gasteiger partial charge in [-0.2, -0.15) is 0 Å². The third-order valence-corrected chi connectivity index (χ3v) is 4.92. The minimum atomic E-state index is -0.182. The predicted octanol–water partition coefficient (Wildman–Crippen LogP) is 8.70. The monoisotopic (exact) mass is 394 g/mol. The SMILES string of the molecule is CC.CC.CCCC(CC)c1ccc(OC(OCC)C(C(C)C)C(C)C)cc1. The highest BCUT2D eigenvalue weighted by Crippen LogP contribution is 2.30. The van der Waals surface area contributed by atoms with E-state index in [0.717, 1.165) is 5.75 Å². The Morgan fingerprint density at radius 2 is 1.29 bits per heavy atom. The molecular formula is C26H50O2. The molecule has 2 atom stereocenters. The van der Waals surface area contributed by atoms with Gasteiger partial charge in [0.2, 0.25) is 6.29 Å². The number of hydrogen-bond donors (Lipinski definition) is 0. The molecule has 0 spiro atoms. The van der Waals surface area contributed by atoms with Crippen molar-refractivity contribution < 1.29 is 9.47 Å². The van der Waals surface area contributed by atoms with Crippen molar-refractivity contribution in [1.29, 1.82) is 0 Å². The number of rotatable bonds is 11. The van der Waals surface area contributed by atoms with Crippen molar-refractivity contribution in [2.45, 2.75) is 108 Å². The van der Waals surface area contributed by atoms with Gasteiger partial charge >= 0.3 is 0 Å². The number of hydrogen-bond acceptors (Lipinski definition) is 2. The average molecular weight is 395 g/mol. The molecule has 0 aliphatic heterocycles. The second kappa shape index (κ2) is 18.0. The molecule has 0 N–H and O–H groups in total. The smallest absolute Gasteiger partial charge is 0.203 e. The van der Waals surface area contributed by atoms with Crippen LogP contribution >= 0.6 is 0 Å². The first-order valence-corrected chi connectivity index (χ1v) is 11.8. The van der Waals surface area contributed by atoms with Crippen molar-refractivity contribution in [1.82, 2.24) is 0 Å². The van der Waals surface area contributed by atoms with Gasteiger partial charge in [0.05, 0.1) is 0 Å². The molecule has 0 aromatic heterocycles. The predicted molar refractivity (Wildman–Crippen MR) is 126 cm³/mol. The molecule has 0 saturated carbocycles. The van der Waals surface area contributed by atoms with Crippen molar-refractivity contribution in [2.75, 3.05) is 6.61 Å². The van der Waals surface area contributed by atoms with E-state index in [1.54, 1.807) is 0 Å². The fraction of sp³-hybridized carbons (Fsp3) is 0.769. The summed E-state index contributed by atoms with van der Waals surface area (Å²) in [6.45, 7) is 24.2. The van der Waals surface area contributed by atoms with Gasteiger partial charge in [0.15, 0.2) is 0 Å². The molecule has 1 aromatic carbocycles. The van der Waals surface area contributed by atoms with Crippen LogP contribution in [0.25, 0.3) is 0 Å². The maximum atomic E-state index is 6.25. The highest BCUT2D eigenvalue weighted by molar-refractivity contribution is 5.29. The van der Waals surface area contributed by atoms with E-state index in [1.165, 1.54) is 24.8 Å². The Balaban J connectivity index is 0. The summed E-state index contributed by atoms with van der Waals surface area (Å²) in [5, 5.41) is 0. The van der Waals surface area contributed by atoms with Gasteiger partial charge in [-0.1, -0.05) is 87.8 Å². The first-order chi connectivity index (χ1) is 13.4. The van der Waals surface area contributed by atoms with Gasteiger partial charge in [0.1, 0.15) is 5.75 Å². The zero-order valence-corrected chi connectivity index (χ0v) is 20.8. The lowest BCUT2D eigenvalue weighted by atomic mass is 9.85. The quantitative estimate of drug-likeness (QED) is 0.349. The van der Waals surface area contributed by atoms with Gasteiger partial charge < -0.3 is 9.47 Å². The first kappa shape index (κ1) is 29.2. The standard InChI is InChI=1S/C22H38O2.2C2H6/c1-8-11-18(9-2)19-12-14-20(15-13-19)24-22(23-10-3)21(16(4)5)17(6)7;2*1-2/h12-18,21-22H,8-11H2,1-7H3;2*1-2H3. The van der Waals surface area contributed by atoms with Crippen LogP contribution < -0.4 is 4.74 Å². The summed E-state index contributed by atoms with van der Waals surface area (Å²) < 4.78 is 12.2. The molecule has 0 amide bonds. The minimum Gasteiger partial charge on any atom is -0.465 e. The fourth-order valence-corrected chi connectivity index (χ4v) is 3.69. The third-order valence-electron chi connectivity index (χ3n) is 4.92. The molecule has 0 aliphatic carbocycles. The minimum absolute atomic E-state index is 0.182. The van der Waals surface area contributed by atoms with Crippen molar-refractivity contribution in [3.63, 3.8) is 0 Å². The summed E-state index contributed by atoms with van der Waals surface area (Å²) in [6, 6.07) is 8.67. The normalized spacial score (nSPS) is 12.8. The maximum Gasteiger partial charge on any atom is 0.203 e. The van der Waals surface area contributed by atoms with Crippen LogP contribution in [-0.4, -0.2) is 12.9 Å². The van der Waals surface area contributed by atoms with Crippen LogP contribution in [0.4, 0.5) is 0 Å². The van der Waals surface area contributed by atoms with Crippen LogP contribution in [0.15, 0.2) is 24.3 Å². The van der Waals surface area contributed by atoms with Crippen LogP contribution in [0.5, 0.6) is 5.75 Å². The molecule has 0 bridgehead atoms. The molecule has 0 heterocycles. The zero-order chi connectivity index (χ0) is 22.1.